The first-order chi connectivity index (χ1) is 7.75. The van der Waals surface area contributed by atoms with E-state index in [0.717, 1.165) is 10.0 Å². The first-order valence-corrected chi connectivity index (χ1v) is 5.59. The maximum atomic E-state index is 11.8. The second kappa shape index (κ2) is 4.99. The number of aromatic nitrogens is 2. The summed E-state index contributed by atoms with van der Waals surface area (Å²) in [6.07, 6.45) is 3.47. The molecule has 0 unspecified atom stereocenters. The van der Waals surface area contributed by atoms with Crippen LogP contribution in [0.5, 0.6) is 0 Å². The van der Waals surface area contributed by atoms with Crippen LogP contribution < -0.4 is 0 Å². The van der Waals surface area contributed by atoms with E-state index in [0.29, 0.717) is 6.42 Å². The van der Waals surface area contributed by atoms with Gasteiger partial charge >= 0.3 is 0 Å². The summed E-state index contributed by atoms with van der Waals surface area (Å²) in [5.74, 6) is 0.202. The monoisotopic (exact) mass is 276 g/mol. The number of rotatable bonds is 3. The van der Waals surface area contributed by atoms with Gasteiger partial charge in [0.05, 0.1) is 0 Å². The highest BCUT2D eigenvalue weighted by molar-refractivity contribution is 9.10. The number of benzene rings is 1. The number of nitrogens with zero attached hydrogens (tertiary/aromatic N) is 2. The Morgan fingerprint density at radius 2 is 1.75 bits per heavy atom. The summed E-state index contributed by atoms with van der Waals surface area (Å²) in [5.41, 5.74) is 0.959. The van der Waals surface area contributed by atoms with E-state index in [1.807, 2.05) is 24.3 Å². The molecule has 0 atom stereocenters. The number of Topliss-reactive ketones (excluding diaryl/α,β-unsaturated/α-hetero) is 1. The average Bonchev–Trinajstić information content (AvgIpc) is 2.33. The number of hydrogen-bond donors (Lipinski definition) is 0. The summed E-state index contributed by atoms with van der Waals surface area (Å²) in [5, 5.41) is 0. The molecular weight excluding hydrogens is 268 g/mol. The molecule has 0 fully saturated rings. The van der Waals surface area contributed by atoms with Crippen molar-refractivity contribution in [3.63, 3.8) is 0 Å². The molecule has 2 rings (SSSR count). The Morgan fingerprint density at radius 3 is 2.38 bits per heavy atom. The largest absolute Gasteiger partial charge is 0.290 e. The van der Waals surface area contributed by atoms with Gasteiger partial charge in [-0.3, -0.25) is 4.79 Å². The highest BCUT2D eigenvalue weighted by Gasteiger charge is 2.08. The molecule has 2 aromatic rings. The van der Waals surface area contributed by atoms with E-state index in [4.69, 9.17) is 0 Å². The minimum Gasteiger partial charge on any atom is -0.290 e. The van der Waals surface area contributed by atoms with Gasteiger partial charge in [-0.05, 0) is 23.8 Å². The number of ketones is 1. The maximum absolute atomic E-state index is 11.8. The van der Waals surface area contributed by atoms with E-state index in [1.54, 1.807) is 18.5 Å². The van der Waals surface area contributed by atoms with Gasteiger partial charge in [0.25, 0.3) is 0 Å². The van der Waals surface area contributed by atoms with E-state index in [2.05, 4.69) is 25.9 Å². The molecule has 0 aliphatic carbocycles. The van der Waals surface area contributed by atoms with Crippen LogP contribution in [0.3, 0.4) is 0 Å². The smallest absolute Gasteiger partial charge is 0.204 e. The number of carbonyl (C=O) groups is 1. The Kier molecular flexibility index (Phi) is 3.41. The highest BCUT2D eigenvalue weighted by atomic mass is 79.9. The molecule has 80 valence electrons. The zero-order chi connectivity index (χ0) is 11.4. The molecule has 0 spiro atoms. The number of hydrogen-bond acceptors (Lipinski definition) is 3. The lowest BCUT2D eigenvalue weighted by atomic mass is 10.1. The molecule has 1 heterocycles. The fourth-order valence-electron chi connectivity index (χ4n) is 1.31. The van der Waals surface area contributed by atoms with Gasteiger partial charge < -0.3 is 0 Å². The Bertz CT molecular complexity index is 482. The standard InChI is InChI=1S/C12H9BrN2O/c13-10-4-2-9(3-5-10)8-11(16)12-14-6-1-7-15-12/h1-7H,8H2. The van der Waals surface area contributed by atoms with Gasteiger partial charge in [0.2, 0.25) is 5.78 Å². The molecule has 0 aliphatic rings. The summed E-state index contributed by atoms with van der Waals surface area (Å²) in [6.45, 7) is 0. The minimum absolute atomic E-state index is 0.0667. The van der Waals surface area contributed by atoms with Crippen LogP contribution in [0, 0.1) is 0 Å². The summed E-state index contributed by atoms with van der Waals surface area (Å²) < 4.78 is 1.000. The lowest BCUT2D eigenvalue weighted by Gasteiger charge is -2.00. The second-order valence-corrected chi connectivity index (χ2v) is 4.21. The molecule has 0 aliphatic heterocycles. The van der Waals surface area contributed by atoms with Crippen molar-refractivity contribution in [1.29, 1.82) is 0 Å². The third-order valence-corrected chi connectivity index (χ3v) is 2.62. The second-order valence-electron chi connectivity index (χ2n) is 3.30. The van der Waals surface area contributed by atoms with Crippen LogP contribution in [0.25, 0.3) is 0 Å². The highest BCUT2D eigenvalue weighted by Crippen LogP contribution is 2.11. The van der Waals surface area contributed by atoms with Gasteiger partial charge in [0, 0.05) is 23.3 Å². The van der Waals surface area contributed by atoms with Gasteiger partial charge in [0.1, 0.15) is 0 Å². The van der Waals surface area contributed by atoms with E-state index in [1.165, 1.54) is 0 Å². The normalized spacial score (nSPS) is 10.1. The fourth-order valence-corrected chi connectivity index (χ4v) is 1.57. The molecule has 0 bridgehead atoms. The summed E-state index contributed by atoms with van der Waals surface area (Å²) in [7, 11) is 0. The molecule has 16 heavy (non-hydrogen) atoms. The first-order valence-electron chi connectivity index (χ1n) is 4.80. The van der Waals surface area contributed by atoms with Gasteiger partial charge in [-0.25, -0.2) is 9.97 Å². The molecule has 4 heteroatoms. The van der Waals surface area contributed by atoms with Crippen LogP contribution in [-0.2, 0) is 6.42 Å². The van der Waals surface area contributed by atoms with Crippen molar-refractivity contribution < 1.29 is 4.79 Å². The van der Waals surface area contributed by atoms with Crippen LogP contribution in [0.15, 0.2) is 47.2 Å². The van der Waals surface area contributed by atoms with Crippen LogP contribution in [0.4, 0.5) is 0 Å². The Hall–Kier alpha value is -1.55. The quantitative estimate of drug-likeness (QED) is 0.810. The molecule has 1 aromatic carbocycles. The van der Waals surface area contributed by atoms with Crippen molar-refractivity contribution in [2.24, 2.45) is 0 Å². The van der Waals surface area contributed by atoms with Gasteiger partial charge in [-0.1, -0.05) is 28.1 Å². The fraction of sp³-hybridized carbons (Fsp3) is 0.0833. The van der Waals surface area contributed by atoms with Crippen LogP contribution in [0.1, 0.15) is 16.2 Å². The molecule has 1 aromatic heterocycles. The molecule has 0 amide bonds. The molecule has 0 saturated carbocycles. The summed E-state index contributed by atoms with van der Waals surface area (Å²) in [4.78, 5) is 19.6. The molecule has 0 N–H and O–H groups in total. The van der Waals surface area contributed by atoms with Crippen LogP contribution in [-0.4, -0.2) is 15.8 Å². The predicted molar refractivity (Wildman–Crippen MR) is 64.2 cm³/mol. The van der Waals surface area contributed by atoms with Gasteiger partial charge in [-0.2, -0.15) is 0 Å². The minimum atomic E-state index is -0.0667. The van der Waals surface area contributed by atoms with Crippen molar-refractivity contribution >= 4 is 21.7 Å². The number of halogens is 1. The molecular formula is C12H9BrN2O. The molecule has 3 nitrogen and oxygen atoms in total. The SMILES string of the molecule is O=C(Cc1ccc(Br)cc1)c1ncccn1. The third-order valence-electron chi connectivity index (χ3n) is 2.09. The lowest BCUT2D eigenvalue weighted by Crippen LogP contribution is -2.07. The van der Waals surface area contributed by atoms with E-state index < -0.39 is 0 Å². The predicted octanol–water partition coefficient (Wildman–Crippen LogP) is 2.66. The first kappa shape index (κ1) is 11.0. The molecule has 0 saturated heterocycles. The van der Waals surface area contributed by atoms with Crippen molar-refractivity contribution in [2.75, 3.05) is 0 Å². The van der Waals surface area contributed by atoms with E-state index in [9.17, 15) is 4.79 Å². The Balaban J connectivity index is 2.11. The number of carbonyl (C=O) groups excluding carboxylic acids is 1. The third kappa shape index (κ3) is 2.73. The molecule has 0 radical (unpaired) electrons. The van der Waals surface area contributed by atoms with Crippen molar-refractivity contribution in [3.8, 4) is 0 Å². The zero-order valence-corrected chi connectivity index (χ0v) is 10.0. The van der Waals surface area contributed by atoms with Gasteiger partial charge in [-0.15, -0.1) is 0 Å². The Morgan fingerprint density at radius 1 is 1.12 bits per heavy atom. The topological polar surface area (TPSA) is 42.9 Å². The maximum Gasteiger partial charge on any atom is 0.204 e. The average molecular weight is 277 g/mol. The van der Waals surface area contributed by atoms with Crippen molar-refractivity contribution in [2.45, 2.75) is 6.42 Å². The van der Waals surface area contributed by atoms with E-state index >= 15 is 0 Å². The summed E-state index contributed by atoms with van der Waals surface area (Å²) >= 11 is 3.35. The van der Waals surface area contributed by atoms with Gasteiger partial charge in [0.15, 0.2) is 5.82 Å². The van der Waals surface area contributed by atoms with E-state index in [-0.39, 0.29) is 11.6 Å². The Labute approximate surface area is 102 Å². The van der Waals surface area contributed by atoms with Crippen molar-refractivity contribution in [1.82, 2.24) is 9.97 Å². The lowest BCUT2D eigenvalue weighted by molar-refractivity contribution is 0.0983. The van der Waals surface area contributed by atoms with Crippen LogP contribution >= 0.6 is 15.9 Å². The summed E-state index contributed by atoms with van der Waals surface area (Å²) in [6, 6.07) is 9.33. The zero-order valence-electron chi connectivity index (χ0n) is 8.43. The van der Waals surface area contributed by atoms with Crippen molar-refractivity contribution in [3.05, 3.63) is 58.6 Å². The van der Waals surface area contributed by atoms with Crippen LogP contribution in [0.2, 0.25) is 0 Å².